The molecule has 1 aromatic rings. The Kier molecular flexibility index (Phi) is 3.01. The molecule has 0 amide bonds. The fourth-order valence-corrected chi connectivity index (χ4v) is 2.08. The summed E-state index contributed by atoms with van der Waals surface area (Å²) in [5.41, 5.74) is 5.10. The highest BCUT2D eigenvalue weighted by Crippen LogP contribution is 2.12. The monoisotopic (exact) mass is 239 g/mol. The zero-order chi connectivity index (χ0) is 12.6. The molecule has 1 fully saturated rings. The highest BCUT2D eigenvalue weighted by atomic mass is 16.2. The predicted molar refractivity (Wildman–Crippen MR) is 64.1 cm³/mol. The van der Waals surface area contributed by atoms with Crippen molar-refractivity contribution in [2.24, 2.45) is 19.8 Å². The van der Waals surface area contributed by atoms with Crippen LogP contribution in [0.4, 0.5) is 5.82 Å². The maximum Gasteiger partial charge on any atom is 0.346 e. The summed E-state index contributed by atoms with van der Waals surface area (Å²) in [6, 6.07) is 0.0625. The van der Waals surface area contributed by atoms with Crippen molar-refractivity contribution >= 4 is 5.82 Å². The van der Waals surface area contributed by atoms with Gasteiger partial charge in [-0.05, 0) is 12.8 Å². The van der Waals surface area contributed by atoms with Crippen molar-refractivity contribution in [3.63, 3.8) is 0 Å². The summed E-state index contributed by atoms with van der Waals surface area (Å²) in [6.45, 7) is 1.37. The number of aryl methyl sites for hydroxylation is 1. The molecule has 0 bridgehead atoms. The molecule has 7 heteroatoms. The van der Waals surface area contributed by atoms with E-state index in [2.05, 4.69) is 5.10 Å². The van der Waals surface area contributed by atoms with Crippen molar-refractivity contribution in [3.05, 3.63) is 20.8 Å². The molecule has 2 rings (SSSR count). The minimum Gasteiger partial charge on any atom is -0.349 e. The fourth-order valence-electron chi connectivity index (χ4n) is 2.08. The summed E-state index contributed by atoms with van der Waals surface area (Å²) in [6.07, 6.45) is 1.90. The summed E-state index contributed by atoms with van der Waals surface area (Å²) in [5.74, 6) is 0.310. The Bertz CT molecular complexity index is 532. The second kappa shape index (κ2) is 4.33. The first-order chi connectivity index (χ1) is 8.00. The first-order valence-corrected chi connectivity index (χ1v) is 5.65. The third kappa shape index (κ3) is 2.10. The van der Waals surface area contributed by atoms with Crippen LogP contribution in [0.1, 0.15) is 12.8 Å². The number of piperidine rings is 1. The first kappa shape index (κ1) is 11.8. The largest absolute Gasteiger partial charge is 0.349 e. The van der Waals surface area contributed by atoms with Gasteiger partial charge in [0.25, 0.3) is 5.56 Å². The van der Waals surface area contributed by atoms with E-state index in [9.17, 15) is 9.59 Å². The zero-order valence-electron chi connectivity index (χ0n) is 10.1. The Morgan fingerprint density at radius 3 is 2.71 bits per heavy atom. The SMILES string of the molecule is Cn1nc(N2CCCC(N)C2)c(=O)n(C)c1=O. The Morgan fingerprint density at radius 2 is 2.06 bits per heavy atom. The minimum absolute atomic E-state index is 0.0625. The lowest BCUT2D eigenvalue weighted by atomic mass is 10.1. The van der Waals surface area contributed by atoms with E-state index < -0.39 is 5.69 Å². The topological polar surface area (TPSA) is 86.2 Å². The van der Waals surface area contributed by atoms with E-state index >= 15 is 0 Å². The average molecular weight is 239 g/mol. The van der Waals surface area contributed by atoms with E-state index in [0.29, 0.717) is 12.4 Å². The van der Waals surface area contributed by atoms with Gasteiger partial charge in [-0.25, -0.2) is 9.48 Å². The molecule has 0 aliphatic carbocycles. The second-order valence-corrected chi connectivity index (χ2v) is 4.44. The van der Waals surface area contributed by atoms with Crippen molar-refractivity contribution in [2.75, 3.05) is 18.0 Å². The van der Waals surface area contributed by atoms with E-state index in [-0.39, 0.29) is 11.6 Å². The average Bonchev–Trinajstić information content (AvgIpc) is 2.31. The van der Waals surface area contributed by atoms with E-state index in [4.69, 9.17) is 5.73 Å². The fraction of sp³-hybridized carbons (Fsp3) is 0.700. The van der Waals surface area contributed by atoms with Crippen LogP contribution in [0.5, 0.6) is 0 Å². The standard InChI is InChI=1S/C10H17N5O2/c1-13-9(16)8(12-14(2)10(13)17)15-5-3-4-7(11)6-15/h7H,3-6,11H2,1-2H3. The van der Waals surface area contributed by atoms with Crippen LogP contribution in [0.3, 0.4) is 0 Å². The number of aromatic nitrogens is 3. The zero-order valence-corrected chi connectivity index (χ0v) is 10.1. The van der Waals surface area contributed by atoms with Crippen LogP contribution in [0.2, 0.25) is 0 Å². The molecular weight excluding hydrogens is 222 g/mol. The van der Waals surface area contributed by atoms with Crippen molar-refractivity contribution in [1.29, 1.82) is 0 Å². The quantitative estimate of drug-likeness (QED) is 0.638. The van der Waals surface area contributed by atoms with Crippen LogP contribution in [0.25, 0.3) is 0 Å². The lowest BCUT2D eigenvalue weighted by Crippen LogP contribution is -2.48. The summed E-state index contributed by atoms with van der Waals surface area (Å²) in [5, 5.41) is 4.03. The minimum atomic E-state index is -0.417. The Hall–Kier alpha value is -1.63. The molecule has 0 spiro atoms. The lowest BCUT2D eigenvalue weighted by molar-refractivity contribution is 0.490. The smallest absolute Gasteiger partial charge is 0.346 e. The normalized spacial score (nSPS) is 20.6. The summed E-state index contributed by atoms with van der Waals surface area (Å²) < 4.78 is 2.25. The van der Waals surface area contributed by atoms with Crippen LogP contribution in [0, 0.1) is 0 Å². The van der Waals surface area contributed by atoms with Crippen LogP contribution in [0.15, 0.2) is 9.59 Å². The third-order valence-electron chi connectivity index (χ3n) is 3.06. The van der Waals surface area contributed by atoms with Gasteiger partial charge in [-0.1, -0.05) is 0 Å². The molecule has 1 atom stereocenters. The number of nitrogens with zero attached hydrogens (tertiary/aromatic N) is 4. The predicted octanol–water partition coefficient (Wildman–Crippen LogP) is -1.59. The van der Waals surface area contributed by atoms with E-state index in [1.807, 2.05) is 4.90 Å². The molecule has 1 aliphatic rings. The Balaban J connectivity index is 2.45. The summed E-state index contributed by atoms with van der Waals surface area (Å²) >= 11 is 0. The molecule has 94 valence electrons. The molecule has 0 radical (unpaired) electrons. The molecule has 2 N–H and O–H groups in total. The van der Waals surface area contributed by atoms with Gasteiger partial charge in [0, 0.05) is 33.2 Å². The van der Waals surface area contributed by atoms with Gasteiger partial charge in [0.15, 0.2) is 0 Å². The van der Waals surface area contributed by atoms with E-state index in [1.54, 1.807) is 0 Å². The lowest BCUT2D eigenvalue weighted by Gasteiger charge is -2.31. The number of rotatable bonds is 1. The van der Waals surface area contributed by atoms with Gasteiger partial charge in [-0.3, -0.25) is 9.36 Å². The van der Waals surface area contributed by atoms with Gasteiger partial charge in [-0.15, -0.1) is 5.10 Å². The van der Waals surface area contributed by atoms with Crippen LogP contribution >= 0.6 is 0 Å². The van der Waals surface area contributed by atoms with Gasteiger partial charge < -0.3 is 10.6 Å². The van der Waals surface area contributed by atoms with Crippen molar-refractivity contribution in [1.82, 2.24) is 14.3 Å². The molecule has 1 saturated heterocycles. The molecule has 7 nitrogen and oxygen atoms in total. The van der Waals surface area contributed by atoms with E-state index in [0.717, 1.165) is 24.0 Å². The number of hydrogen-bond acceptors (Lipinski definition) is 5. The number of hydrogen-bond donors (Lipinski definition) is 1. The maximum absolute atomic E-state index is 12.0. The van der Waals surface area contributed by atoms with Crippen molar-refractivity contribution in [2.45, 2.75) is 18.9 Å². The Morgan fingerprint density at radius 1 is 1.35 bits per heavy atom. The highest BCUT2D eigenvalue weighted by molar-refractivity contribution is 5.35. The molecule has 0 saturated carbocycles. The molecule has 17 heavy (non-hydrogen) atoms. The first-order valence-electron chi connectivity index (χ1n) is 5.65. The van der Waals surface area contributed by atoms with Gasteiger partial charge in [0.2, 0.25) is 5.82 Å². The molecule has 2 heterocycles. The maximum atomic E-state index is 12.0. The van der Waals surface area contributed by atoms with Crippen molar-refractivity contribution < 1.29 is 0 Å². The molecular formula is C10H17N5O2. The molecule has 1 aliphatic heterocycles. The van der Waals surface area contributed by atoms with Crippen LogP contribution in [-0.2, 0) is 14.1 Å². The number of anilines is 1. The van der Waals surface area contributed by atoms with Gasteiger partial charge >= 0.3 is 5.69 Å². The molecule has 1 aromatic heterocycles. The van der Waals surface area contributed by atoms with Crippen LogP contribution in [-0.4, -0.2) is 33.5 Å². The van der Waals surface area contributed by atoms with Crippen LogP contribution < -0.4 is 21.9 Å². The highest BCUT2D eigenvalue weighted by Gasteiger charge is 2.21. The molecule has 0 aromatic carbocycles. The van der Waals surface area contributed by atoms with Gasteiger partial charge in [-0.2, -0.15) is 0 Å². The van der Waals surface area contributed by atoms with Gasteiger partial charge in [0.1, 0.15) is 0 Å². The molecule has 1 unspecified atom stereocenters. The Labute approximate surface area is 98.5 Å². The second-order valence-electron chi connectivity index (χ2n) is 4.44. The number of nitrogens with two attached hydrogens (primary N) is 1. The summed E-state index contributed by atoms with van der Waals surface area (Å²) in [7, 11) is 2.99. The van der Waals surface area contributed by atoms with Gasteiger partial charge in [0.05, 0.1) is 0 Å². The summed E-state index contributed by atoms with van der Waals surface area (Å²) in [4.78, 5) is 25.3. The third-order valence-corrected chi connectivity index (χ3v) is 3.06. The van der Waals surface area contributed by atoms with E-state index in [1.165, 1.54) is 18.8 Å². The van der Waals surface area contributed by atoms with Crippen molar-refractivity contribution in [3.8, 4) is 0 Å².